The summed E-state index contributed by atoms with van der Waals surface area (Å²) < 4.78 is 10.9. The Kier molecular flexibility index (Phi) is 4.68. The van der Waals surface area contributed by atoms with Crippen LogP contribution in [0.15, 0.2) is 18.2 Å². The van der Waals surface area contributed by atoms with Gasteiger partial charge < -0.3 is 19.9 Å². The number of hydrogen-bond acceptors (Lipinski definition) is 4. The van der Waals surface area contributed by atoms with Crippen LogP contribution in [-0.2, 0) is 6.54 Å². The molecule has 4 bridgehead atoms. The van der Waals surface area contributed by atoms with Crippen molar-refractivity contribution in [2.45, 2.75) is 44.7 Å². The summed E-state index contributed by atoms with van der Waals surface area (Å²) in [6.45, 7) is 1.20. The topological polar surface area (TPSA) is 50.7 Å². The molecule has 0 spiro atoms. The lowest BCUT2D eigenvalue weighted by molar-refractivity contribution is -0.0142. The fourth-order valence-corrected chi connectivity index (χ4v) is 5.59. The largest absolute Gasteiger partial charge is 0.493 e. The van der Waals surface area contributed by atoms with E-state index in [9.17, 15) is 0 Å². The summed E-state index contributed by atoms with van der Waals surface area (Å²) in [5, 5.41) is 12.8. The van der Waals surface area contributed by atoms with Gasteiger partial charge in [-0.15, -0.1) is 0 Å². The van der Waals surface area contributed by atoms with Gasteiger partial charge in [-0.1, -0.05) is 6.07 Å². The summed E-state index contributed by atoms with van der Waals surface area (Å²) in [6.07, 6.45) is 7.29. The molecule has 4 saturated carbocycles. The monoisotopic (exact) mass is 331 g/mol. The van der Waals surface area contributed by atoms with Crippen molar-refractivity contribution in [3.05, 3.63) is 23.8 Å². The van der Waals surface area contributed by atoms with E-state index in [1.54, 1.807) is 7.11 Å². The van der Waals surface area contributed by atoms with E-state index in [2.05, 4.69) is 17.4 Å². The number of benzene rings is 1. The van der Waals surface area contributed by atoms with E-state index >= 15 is 0 Å². The van der Waals surface area contributed by atoms with Crippen LogP contribution in [0.4, 0.5) is 0 Å². The number of nitrogens with one attached hydrogen (secondary N) is 1. The van der Waals surface area contributed by atoms with E-state index in [0.717, 1.165) is 36.0 Å². The zero-order valence-electron chi connectivity index (χ0n) is 14.5. The molecule has 4 nitrogen and oxygen atoms in total. The Morgan fingerprint density at radius 2 is 1.75 bits per heavy atom. The first-order chi connectivity index (χ1) is 11.8. The Morgan fingerprint density at radius 3 is 2.38 bits per heavy atom. The Hall–Kier alpha value is -1.26. The molecule has 5 rings (SSSR count). The van der Waals surface area contributed by atoms with Gasteiger partial charge in [0.1, 0.15) is 6.61 Å². The SMILES string of the molecule is COc1cc(CNC2C3CC4CC(C3)CC2C4)ccc1OCCO. The van der Waals surface area contributed by atoms with Crippen molar-refractivity contribution in [1.82, 2.24) is 5.32 Å². The first-order valence-corrected chi connectivity index (χ1v) is 9.40. The van der Waals surface area contributed by atoms with Crippen LogP contribution < -0.4 is 14.8 Å². The number of aliphatic hydroxyl groups excluding tert-OH is 1. The smallest absolute Gasteiger partial charge is 0.161 e. The van der Waals surface area contributed by atoms with Crippen LogP contribution in [0.25, 0.3) is 0 Å². The van der Waals surface area contributed by atoms with E-state index in [4.69, 9.17) is 14.6 Å². The van der Waals surface area contributed by atoms with Gasteiger partial charge in [0.15, 0.2) is 11.5 Å². The summed E-state index contributed by atoms with van der Waals surface area (Å²) in [7, 11) is 1.66. The molecule has 0 aromatic heterocycles. The van der Waals surface area contributed by atoms with Crippen LogP contribution in [-0.4, -0.2) is 31.5 Å². The zero-order valence-corrected chi connectivity index (χ0v) is 14.5. The van der Waals surface area contributed by atoms with Crippen molar-refractivity contribution in [2.24, 2.45) is 23.7 Å². The number of ether oxygens (including phenoxy) is 2. The Morgan fingerprint density at radius 1 is 1.04 bits per heavy atom. The normalized spacial score (nSPS) is 33.7. The molecule has 4 heteroatoms. The second kappa shape index (κ2) is 6.93. The molecular weight excluding hydrogens is 302 g/mol. The van der Waals surface area contributed by atoms with Crippen molar-refractivity contribution in [3.8, 4) is 11.5 Å². The Bertz CT molecular complexity index is 546. The van der Waals surface area contributed by atoms with Gasteiger partial charge in [-0.25, -0.2) is 0 Å². The van der Waals surface area contributed by atoms with Crippen LogP contribution >= 0.6 is 0 Å². The number of aliphatic hydroxyl groups is 1. The minimum absolute atomic E-state index is 0.0128. The lowest BCUT2D eigenvalue weighted by atomic mass is 9.54. The minimum Gasteiger partial charge on any atom is -0.493 e. The average Bonchev–Trinajstić information content (AvgIpc) is 2.59. The fraction of sp³-hybridized carbons (Fsp3) is 0.700. The van der Waals surface area contributed by atoms with Gasteiger partial charge in [-0.2, -0.15) is 0 Å². The molecule has 0 atom stereocenters. The van der Waals surface area contributed by atoms with E-state index in [1.807, 2.05) is 6.07 Å². The molecule has 24 heavy (non-hydrogen) atoms. The van der Waals surface area contributed by atoms with Crippen molar-refractivity contribution in [2.75, 3.05) is 20.3 Å². The van der Waals surface area contributed by atoms with Gasteiger partial charge >= 0.3 is 0 Å². The summed E-state index contributed by atoms with van der Waals surface area (Å²) in [4.78, 5) is 0. The highest BCUT2D eigenvalue weighted by atomic mass is 16.5. The highest BCUT2D eigenvalue weighted by Gasteiger charge is 2.47. The van der Waals surface area contributed by atoms with E-state index in [0.29, 0.717) is 18.4 Å². The third-order valence-electron chi connectivity index (χ3n) is 6.35. The first kappa shape index (κ1) is 16.2. The van der Waals surface area contributed by atoms with Gasteiger partial charge in [0, 0.05) is 12.6 Å². The quantitative estimate of drug-likeness (QED) is 0.806. The minimum atomic E-state index is 0.0128. The third kappa shape index (κ3) is 3.14. The van der Waals surface area contributed by atoms with Crippen LogP contribution in [0.3, 0.4) is 0 Å². The molecule has 0 aliphatic heterocycles. The van der Waals surface area contributed by atoms with E-state index in [-0.39, 0.29) is 6.61 Å². The number of hydrogen-bond donors (Lipinski definition) is 2. The highest BCUT2D eigenvalue weighted by molar-refractivity contribution is 5.43. The first-order valence-electron chi connectivity index (χ1n) is 9.40. The van der Waals surface area contributed by atoms with Crippen LogP contribution in [0.1, 0.15) is 37.7 Å². The average molecular weight is 331 g/mol. The van der Waals surface area contributed by atoms with Crippen molar-refractivity contribution in [3.63, 3.8) is 0 Å². The molecule has 4 aliphatic rings. The van der Waals surface area contributed by atoms with Crippen molar-refractivity contribution >= 4 is 0 Å². The molecular formula is C20H29NO3. The summed E-state index contributed by atoms with van der Waals surface area (Å²) >= 11 is 0. The summed E-state index contributed by atoms with van der Waals surface area (Å²) in [5.74, 6) is 5.28. The van der Waals surface area contributed by atoms with Gasteiger partial charge in [-0.3, -0.25) is 0 Å². The third-order valence-corrected chi connectivity index (χ3v) is 6.35. The van der Waals surface area contributed by atoms with E-state index < -0.39 is 0 Å². The molecule has 1 aromatic rings. The van der Waals surface area contributed by atoms with Crippen LogP contribution in [0.2, 0.25) is 0 Å². The van der Waals surface area contributed by atoms with Gasteiger partial charge in [0.05, 0.1) is 13.7 Å². The Labute approximate surface area is 144 Å². The predicted molar refractivity (Wildman–Crippen MR) is 93.2 cm³/mol. The van der Waals surface area contributed by atoms with Crippen molar-refractivity contribution < 1.29 is 14.6 Å². The maximum atomic E-state index is 8.90. The predicted octanol–water partition coefficient (Wildman–Crippen LogP) is 2.98. The standard InChI is InChI=1S/C20H29NO3/c1-23-19-11-13(2-3-18(19)24-5-4-22)12-21-20-16-7-14-6-15(9-16)10-17(20)8-14/h2-3,11,14-17,20-22H,4-10,12H2,1H3. The lowest BCUT2D eigenvalue weighted by Gasteiger charge is -2.54. The molecule has 1 aromatic carbocycles. The molecule has 0 amide bonds. The maximum Gasteiger partial charge on any atom is 0.161 e. The summed E-state index contributed by atoms with van der Waals surface area (Å²) in [5.41, 5.74) is 1.23. The van der Waals surface area contributed by atoms with E-state index in [1.165, 1.54) is 37.7 Å². The molecule has 0 saturated heterocycles. The molecule has 0 heterocycles. The molecule has 2 N–H and O–H groups in total. The maximum absolute atomic E-state index is 8.90. The van der Waals surface area contributed by atoms with Crippen molar-refractivity contribution in [1.29, 1.82) is 0 Å². The Balaban J connectivity index is 1.39. The van der Waals surface area contributed by atoms with Gasteiger partial charge in [0.25, 0.3) is 0 Å². The fourth-order valence-electron chi connectivity index (χ4n) is 5.59. The van der Waals surface area contributed by atoms with Crippen LogP contribution in [0, 0.1) is 23.7 Å². The molecule has 132 valence electrons. The highest BCUT2D eigenvalue weighted by Crippen LogP contribution is 2.53. The lowest BCUT2D eigenvalue weighted by Crippen LogP contribution is -2.54. The number of rotatable bonds is 7. The van der Waals surface area contributed by atoms with Gasteiger partial charge in [-0.05, 0) is 73.5 Å². The molecule has 4 aliphatic carbocycles. The molecule has 0 unspecified atom stereocenters. The summed E-state index contributed by atoms with van der Waals surface area (Å²) in [6, 6.07) is 6.80. The zero-order chi connectivity index (χ0) is 16.5. The molecule has 0 radical (unpaired) electrons. The second-order valence-electron chi connectivity index (χ2n) is 7.89. The molecule has 4 fully saturated rings. The van der Waals surface area contributed by atoms with Gasteiger partial charge in [0.2, 0.25) is 0 Å². The second-order valence-corrected chi connectivity index (χ2v) is 7.89. The number of methoxy groups -OCH3 is 1. The van der Waals surface area contributed by atoms with Crippen LogP contribution in [0.5, 0.6) is 11.5 Å².